The number of hydrogen-bond acceptors (Lipinski definition) is 6. The molecular formula is C27H37N7O. The largest absolute Gasteiger partial charge is 0.369 e. The van der Waals surface area contributed by atoms with Crippen molar-refractivity contribution in [3.05, 3.63) is 66.0 Å². The van der Waals surface area contributed by atoms with Crippen molar-refractivity contribution >= 4 is 22.8 Å². The van der Waals surface area contributed by atoms with E-state index in [4.69, 9.17) is 9.97 Å². The van der Waals surface area contributed by atoms with Gasteiger partial charge >= 0.3 is 6.03 Å². The van der Waals surface area contributed by atoms with Crippen LogP contribution in [0.2, 0.25) is 0 Å². The summed E-state index contributed by atoms with van der Waals surface area (Å²) in [6.07, 6.45) is 1.05. The molecule has 2 N–H and O–H groups in total. The predicted octanol–water partition coefficient (Wildman–Crippen LogP) is 3.58. The SMILES string of the molecule is C[C@@H](NC(=O)N1CCN(Cc2nc(NCCCN(C)C)c3ccccc3n2)CC1)c1ccccc1. The van der Waals surface area contributed by atoms with E-state index in [9.17, 15) is 4.79 Å². The summed E-state index contributed by atoms with van der Waals surface area (Å²) in [5, 5.41) is 7.69. The molecule has 8 nitrogen and oxygen atoms in total. The summed E-state index contributed by atoms with van der Waals surface area (Å²) >= 11 is 0. The number of urea groups is 1. The van der Waals surface area contributed by atoms with E-state index in [1.54, 1.807) is 0 Å². The second kappa shape index (κ2) is 12.0. The first kappa shape index (κ1) is 24.9. The highest BCUT2D eigenvalue weighted by atomic mass is 16.2. The first-order valence-electron chi connectivity index (χ1n) is 12.5. The van der Waals surface area contributed by atoms with Crippen LogP contribution in [-0.4, -0.2) is 84.1 Å². The van der Waals surface area contributed by atoms with Gasteiger partial charge in [0.15, 0.2) is 0 Å². The van der Waals surface area contributed by atoms with Gasteiger partial charge in [0.05, 0.1) is 18.1 Å². The van der Waals surface area contributed by atoms with E-state index in [1.807, 2.05) is 60.4 Å². The van der Waals surface area contributed by atoms with Gasteiger partial charge in [0, 0.05) is 38.1 Å². The second-order valence-electron chi connectivity index (χ2n) is 9.43. The summed E-state index contributed by atoms with van der Waals surface area (Å²) in [4.78, 5) is 28.9. The first-order chi connectivity index (χ1) is 17.0. The molecule has 2 heterocycles. The summed E-state index contributed by atoms with van der Waals surface area (Å²) in [5.41, 5.74) is 2.07. The number of para-hydroxylation sites is 1. The Balaban J connectivity index is 1.33. The lowest BCUT2D eigenvalue weighted by Crippen LogP contribution is -2.51. The van der Waals surface area contributed by atoms with Crippen molar-refractivity contribution in [2.24, 2.45) is 0 Å². The topological polar surface area (TPSA) is 76.6 Å². The van der Waals surface area contributed by atoms with Crippen LogP contribution in [-0.2, 0) is 6.54 Å². The summed E-state index contributed by atoms with van der Waals surface area (Å²) in [7, 11) is 4.18. The van der Waals surface area contributed by atoms with Gasteiger partial charge in [-0.05, 0) is 51.7 Å². The molecule has 1 aliphatic heterocycles. The lowest BCUT2D eigenvalue weighted by molar-refractivity contribution is 0.132. The van der Waals surface area contributed by atoms with Crippen molar-refractivity contribution < 1.29 is 4.79 Å². The minimum absolute atomic E-state index is 0.00725. The fourth-order valence-corrected chi connectivity index (χ4v) is 4.34. The van der Waals surface area contributed by atoms with Gasteiger partial charge in [-0.3, -0.25) is 4.90 Å². The Labute approximate surface area is 208 Å². The molecule has 2 amide bonds. The van der Waals surface area contributed by atoms with Crippen molar-refractivity contribution in [1.29, 1.82) is 0 Å². The van der Waals surface area contributed by atoms with Gasteiger partial charge in [0.25, 0.3) is 0 Å². The quantitative estimate of drug-likeness (QED) is 0.461. The molecule has 8 heteroatoms. The molecule has 0 saturated carbocycles. The van der Waals surface area contributed by atoms with Crippen LogP contribution in [0, 0.1) is 0 Å². The summed E-state index contributed by atoms with van der Waals surface area (Å²) in [5.74, 6) is 1.71. The van der Waals surface area contributed by atoms with Crippen molar-refractivity contribution in [3.8, 4) is 0 Å². The fourth-order valence-electron chi connectivity index (χ4n) is 4.34. The third-order valence-corrected chi connectivity index (χ3v) is 6.39. The highest BCUT2D eigenvalue weighted by Gasteiger charge is 2.23. The van der Waals surface area contributed by atoms with E-state index in [-0.39, 0.29) is 12.1 Å². The summed E-state index contributed by atoms with van der Waals surface area (Å²) in [6, 6.07) is 18.2. The third-order valence-electron chi connectivity index (χ3n) is 6.39. The highest BCUT2D eigenvalue weighted by molar-refractivity contribution is 5.88. The van der Waals surface area contributed by atoms with E-state index in [0.29, 0.717) is 19.6 Å². The number of benzene rings is 2. The Morgan fingerprint density at radius 2 is 1.71 bits per heavy atom. The Hall–Kier alpha value is -3.23. The number of carbonyl (C=O) groups is 1. The van der Waals surface area contributed by atoms with Crippen LogP contribution in [0.5, 0.6) is 0 Å². The van der Waals surface area contributed by atoms with Crippen LogP contribution in [0.25, 0.3) is 10.9 Å². The zero-order valence-corrected chi connectivity index (χ0v) is 21.1. The fraction of sp³-hybridized carbons (Fsp3) is 0.444. The molecule has 186 valence electrons. The standard InChI is InChI=1S/C27H37N7O/c1-21(22-10-5-4-6-11-22)29-27(35)34-18-16-33(17-19-34)20-25-30-24-13-8-7-12-23(24)26(31-25)28-14-9-15-32(2)3/h4-8,10-13,21H,9,14-20H2,1-3H3,(H,29,35)(H,28,30,31)/t21-/m1/s1. The predicted molar refractivity (Wildman–Crippen MR) is 141 cm³/mol. The molecule has 2 aromatic carbocycles. The Kier molecular flexibility index (Phi) is 8.50. The molecule has 1 aromatic heterocycles. The van der Waals surface area contributed by atoms with Gasteiger partial charge in [-0.25, -0.2) is 14.8 Å². The monoisotopic (exact) mass is 475 g/mol. The molecular weight excluding hydrogens is 438 g/mol. The number of fused-ring (bicyclic) bond motifs is 1. The van der Waals surface area contributed by atoms with Crippen molar-refractivity contribution in [3.63, 3.8) is 0 Å². The van der Waals surface area contributed by atoms with Gasteiger partial charge in [0.2, 0.25) is 0 Å². The van der Waals surface area contributed by atoms with E-state index >= 15 is 0 Å². The second-order valence-corrected chi connectivity index (χ2v) is 9.43. The smallest absolute Gasteiger partial charge is 0.317 e. The number of hydrogen-bond donors (Lipinski definition) is 2. The normalized spacial score (nSPS) is 15.4. The van der Waals surface area contributed by atoms with Crippen LogP contribution in [0.1, 0.15) is 30.8 Å². The van der Waals surface area contributed by atoms with Crippen LogP contribution in [0.3, 0.4) is 0 Å². The van der Waals surface area contributed by atoms with Gasteiger partial charge in [-0.2, -0.15) is 0 Å². The average Bonchev–Trinajstić information content (AvgIpc) is 2.87. The van der Waals surface area contributed by atoms with E-state index in [1.165, 1.54) is 0 Å². The highest BCUT2D eigenvalue weighted by Crippen LogP contribution is 2.21. The molecule has 35 heavy (non-hydrogen) atoms. The molecule has 0 unspecified atom stereocenters. The molecule has 4 rings (SSSR count). The van der Waals surface area contributed by atoms with Gasteiger partial charge in [0.1, 0.15) is 11.6 Å². The minimum Gasteiger partial charge on any atom is -0.369 e. The number of anilines is 1. The van der Waals surface area contributed by atoms with Crippen LogP contribution in [0.4, 0.5) is 10.6 Å². The van der Waals surface area contributed by atoms with Gasteiger partial charge < -0.3 is 20.4 Å². The van der Waals surface area contributed by atoms with Gasteiger partial charge in [-0.15, -0.1) is 0 Å². The van der Waals surface area contributed by atoms with E-state index < -0.39 is 0 Å². The summed E-state index contributed by atoms with van der Waals surface area (Å²) < 4.78 is 0. The molecule has 0 aliphatic carbocycles. The molecule has 1 aliphatic rings. The number of piperazine rings is 1. The van der Waals surface area contributed by atoms with E-state index in [2.05, 4.69) is 40.6 Å². The number of nitrogens with one attached hydrogen (secondary N) is 2. The Morgan fingerprint density at radius 1 is 1.00 bits per heavy atom. The molecule has 1 atom stereocenters. The molecule has 3 aromatic rings. The molecule has 0 radical (unpaired) electrons. The maximum atomic E-state index is 12.8. The van der Waals surface area contributed by atoms with Crippen LogP contribution in [0.15, 0.2) is 54.6 Å². The lowest BCUT2D eigenvalue weighted by Gasteiger charge is -2.35. The zero-order chi connectivity index (χ0) is 24.6. The zero-order valence-electron chi connectivity index (χ0n) is 21.1. The average molecular weight is 476 g/mol. The van der Waals surface area contributed by atoms with Gasteiger partial charge in [-0.1, -0.05) is 42.5 Å². The maximum Gasteiger partial charge on any atom is 0.317 e. The molecule has 1 saturated heterocycles. The molecule has 0 spiro atoms. The molecule has 1 fully saturated rings. The number of carbonyl (C=O) groups excluding carboxylic acids is 1. The lowest BCUT2D eigenvalue weighted by atomic mass is 10.1. The third kappa shape index (κ3) is 6.90. The van der Waals surface area contributed by atoms with Crippen molar-refractivity contribution in [2.45, 2.75) is 25.9 Å². The first-order valence-corrected chi connectivity index (χ1v) is 12.5. The number of aromatic nitrogens is 2. The number of amides is 2. The van der Waals surface area contributed by atoms with E-state index in [0.717, 1.165) is 60.7 Å². The van der Waals surface area contributed by atoms with Crippen molar-refractivity contribution in [2.75, 3.05) is 58.7 Å². The Bertz CT molecular complexity index is 1100. The number of rotatable bonds is 9. The summed E-state index contributed by atoms with van der Waals surface area (Å²) in [6.45, 7) is 7.58. The Morgan fingerprint density at radius 3 is 2.46 bits per heavy atom. The number of nitrogens with zero attached hydrogens (tertiary/aromatic N) is 5. The molecule has 0 bridgehead atoms. The van der Waals surface area contributed by atoms with Crippen molar-refractivity contribution in [1.82, 2.24) is 30.0 Å². The maximum absolute atomic E-state index is 12.8. The van der Waals surface area contributed by atoms with Crippen LogP contribution < -0.4 is 10.6 Å². The van der Waals surface area contributed by atoms with Crippen LogP contribution >= 0.6 is 0 Å². The minimum atomic E-state index is -0.0172.